The van der Waals surface area contributed by atoms with Gasteiger partial charge in [-0.1, -0.05) is 18.6 Å². The van der Waals surface area contributed by atoms with Crippen LogP contribution >= 0.6 is 11.3 Å². The fourth-order valence-electron chi connectivity index (χ4n) is 3.16. The number of carbonyl (C=O) groups excluding carboxylic acids is 2. The van der Waals surface area contributed by atoms with Crippen molar-refractivity contribution in [3.63, 3.8) is 0 Å². The lowest BCUT2D eigenvalue weighted by Gasteiger charge is -2.34. The Kier molecular flexibility index (Phi) is 6.35. The number of benzene rings is 1. The molecule has 1 fully saturated rings. The van der Waals surface area contributed by atoms with Crippen LogP contribution in [0.25, 0.3) is 0 Å². The van der Waals surface area contributed by atoms with Gasteiger partial charge < -0.3 is 10.6 Å². The number of piperidine rings is 1. The van der Waals surface area contributed by atoms with E-state index in [1.807, 2.05) is 5.38 Å². The smallest absolute Gasteiger partial charge is 0.313 e. The van der Waals surface area contributed by atoms with E-state index in [0.717, 1.165) is 31.5 Å². The minimum Gasteiger partial charge on any atom is -0.346 e. The van der Waals surface area contributed by atoms with Crippen LogP contribution in [-0.2, 0) is 9.59 Å². The second kappa shape index (κ2) is 8.91. The third-order valence-electron chi connectivity index (χ3n) is 4.54. The van der Waals surface area contributed by atoms with E-state index in [1.54, 1.807) is 17.4 Å². The van der Waals surface area contributed by atoms with Crippen molar-refractivity contribution in [3.05, 3.63) is 52.5 Å². The van der Waals surface area contributed by atoms with Crippen molar-refractivity contribution < 1.29 is 14.0 Å². The number of nitrogens with one attached hydrogen (secondary N) is 2. The molecular weight excluding hydrogens is 353 g/mol. The van der Waals surface area contributed by atoms with Gasteiger partial charge in [-0.3, -0.25) is 14.5 Å². The number of likely N-dealkylation sites (tertiary alicyclic amines) is 1. The summed E-state index contributed by atoms with van der Waals surface area (Å²) >= 11 is 1.62. The molecule has 0 spiro atoms. The molecule has 7 heteroatoms. The molecule has 1 aromatic carbocycles. The fourth-order valence-corrected chi connectivity index (χ4v) is 3.87. The molecule has 1 aromatic heterocycles. The highest BCUT2D eigenvalue weighted by Gasteiger charge is 2.24. The van der Waals surface area contributed by atoms with Crippen LogP contribution in [0.4, 0.5) is 10.1 Å². The van der Waals surface area contributed by atoms with Crippen molar-refractivity contribution in [1.29, 1.82) is 0 Å². The number of para-hydroxylation sites is 1. The first kappa shape index (κ1) is 18.5. The van der Waals surface area contributed by atoms with Crippen LogP contribution in [0.2, 0.25) is 0 Å². The molecule has 1 aliphatic rings. The summed E-state index contributed by atoms with van der Waals surface area (Å²) in [6, 6.07) is 7.87. The first-order valence-corrected chi connectivity index (χ1v) is 9.69. The maximum Gasteiger partial charge on any atom is 0.313 e. The first-order valence-electron chi connectivity index (χ1n) is 8.75. The van der Waals surface area contributed by atoms with Crippen LogP contribution in [0.3, 0.4) is 0 Å². The predicted molar refractivity (Wildman–Crippen MR) is 101 cm³/mol. The highest BCUT2D eigenvalue weighted by atomic mass is 32.1. The van der Waals surface area contributed by atoms with Gasteiger partial charge >= 0.3 is 11.8 Å². The molecule has 2 amide bonds. The van der Waals surface area contributed by atoms with E-state index >= 15 is 0 Å². The Labute approximate surface area is 156 Å². The Morgan fingerprint density at radius 1 is 1.12 bits per heavy atom. The van der Waals surface area contributed by atoms with E-state index in [1.165, 1.54) is 24.6 Å². The van der Waals surface area contributed by atoms with Gasteiger partial charge in [0, 0.05) is 6.54 Å². The van der Waals surface area contributed by atoms with Gasteiger partial charge in [0.05, 0.1) is 11.7 Å². The second-order valence-corrected chi connectivity index (χ2v) is 7.09. The van der Waals surface area contributed by atoms with Gasteiger partial charge in [0.1, 0.15) is 5.82 Å². The van der Waals surface area contributed by atoms with Gasteiger partial charge in [-0.15, -0.1) is 0 Å². The quantitative estimate of drug-likeness (QED) is 0.789. The van der Waals surface area contributed by atoms with Crippen molar-refractivity contribution >= 4 is 28.8 Å². The van der Waals surface area contributed by atoms with Gasteiger partial charge in [-0.05, 0) is 60.5 Å². The maximum atomic E-state index is 13.6. The Bertz CT molecular complexity index is 745. The van der Waals surface area contributed by atoms with Crippen molar-refractivity contribution in [1.82, 2.24) is 10.2 Å². The summed E-state index contributed by atoms with van der Waals surface area (Å²) in [5.74, 6) is -2.19. The molecule has 5 nitrogen and oxygen atoms in total. The normalized spacial score (nSPS) is 16.0. The van der Waals surface area contributed by atoms with Gasteiger partial charge in [0.15, 0.2) is 0 Å². The van der Waals surface area contributed by atoms with Crippen LogP contribution in [0, 0.1) is 5.82 Å². The molecule has 2 aromatic rings. The molecule has 138 valence electrons. The van der Waals surface area contributed by atoms with Crippen molar-refractivity contribution in [2.75, 3.05) is 25.0 Å². The molecule has 1 unspecified atom stereocenters. The average molecular weight is 375 g/mol. The SMILES string of the molecule is O=C(NCC(c1ccsc1)N1CCCCC1)C(=O)Nc1ccccc1F. The molecule has 1 saturated heterocycles. The van der Waals surface area contributed by atoms with Gasteiger partial charge in [-0.2, -0.15) is 11.3 Å². The van der Waals surface area contributed by atoms with E-state index < -0.39 is 17.6 Å². The monoisotopic (exact) mass is 375 g/mol. The average Bonchev–Trinajstić information content (AvgIpc) is 3.19. The van der Waals surface area contributed by atoms with E-state index in [-0.39, 0.29) is 11.7 Å². The van der Waals surface area contributed by atoms with Crippen LogP contribution in [0.5, 0.6) is 0 Å². The third-order valence-corrected chi connectivity index (χ3v) is 5.25. The first-order chi connectivity index (χ1) is 12.6. The van der Waals surface area contributed by atoms with E-state index in [2.05, 4.69) is 27.0 Å². The number of nitrogens with zero attached hydrogens (tertiary/aromatic N) is 1. The van der Waals surface area contributed by atoms with E-state index in [4.69, 9.17) is 0 Å². The van der Waals surface area contributed by atoms with Crippen LogP contribution in [0.1, 0.15) is 30.9 Å². The summed E-state index contributed by atoms with van der Waals surface area (Å²) in [6.45, 7) is 2.32. The number of hydrogen-bond acceptors (Lipinski definition) is 4. The summed E-state index contributed by atoms with van der Waals surface area (Å²) in [5, 5.41) is 9.09. The number of anilines is 1. The molecular formula is C19H22FN3O2S. The largest absolute Gasteiger partial charge is 0.346 e. The molecule has 26 heavy (non-hydrogen) atoms. The lowest BCUT2D eigenvalue weighted by Crippen LogP contribution is -2.43. The molecule has 2 N–H and O–H groups in total. The van der Waals surface area contributed by atoms with Gasteiger partial charge in [0.2, 0.25) is 0 Å². The number of amides is 2. The highest BCUT2D eigenvalue weighted by Crippen LogP contribution is 2.25. The molecule has 2 heterocycles. The number of rotatable bonds is 5. The minimum absolute atomic E-state index is 0.00179. The summed E-state index contributed by atoms with van der Waals surface area (Å²) in [7, 11) is 0. The van der Waals surface area contributed by atoms with Crippen LogP contribution in [-0.4, -0.2) is 36.3 Å². The topological polar surface area (TPSA) is 61.4 Å². The molecule has 0 radical (unpaired) electrons. The van der Waals surface area contributed by atoms with Crippen LogP contribution < -0.4 is 10.6 Å². The molecule has 0 saturated carbocycles. The summed E-state index contributed by atoms with van der Waals surface area (Å²) in [4.78, 5) is 26.5. The number of carbonyl (C=O) groups is 2. The number of halogens is 1. The Morgan fingerprint density at radius 3 is 2.58 bits per heavy atom. The van der Waals surface area contributed by atoms with E-state index in [0.29, 0.717) is 6.54 Å². The van der Waals surface area contributed by atoms with Gasteiger partial charge in [-0.25, -0.2) is 4.39 Å². The van der Waals surface area contributed by atoms with Crippen molar-refractivity contribution in [2.45, 2.75) is 25.3 Å². The molecule has 3 rings (SSSR count). The second-order valence-electron chi connectivity index (χ2n) is 6.31. The summed E-state index contributed by atoms with van der Waals surface area (Å²) in [6.07, 6.45) is 3.51. The lowest BCUT2D eigenvalue weighted by atomic mass is 10.0. The Balaban J connectivity index is 1.60. The van der Waals surface area contributed by atoms with Crippen molar-refractivity contribution in [3.8, 4) is 0 Å². The highest BCUT2D eigenvalue weighted by molar-refractivity contribution is 7.08. The zero-order chi connectivity index (χ0) is 18.4. The van der Waals surface area contributed by atoms with E-state index in [9.17, 15) is 14.0 Å². The summed E-state index contributed by atoms with van der Waals surface area (Å²) in [5.41, 5.74) is 1.14. The number of hydrogen-bond donors (Lipinski definition) is 2. The maximum absolute atomic E-state index is 13.6. The van der Waals surface area contributed by atoms with Crippen molar-refractivity contribution in [2.24, 2.45) is 0 Å². The Hall–Kier alpha value is -2.25. The Morgan fingerprint density at radius 2 is 1.88 bits per heavy atom. The minimum atomic E-state index is -0.863. The molecule has 1 aliphatic heterocycles. The molecule has 0 aliphatic carbocycles. The molecule has 0 bridgehead atoms. The molecule has 1 atom stereocenters. The van der Waals surface area contributed by atoms with Crippen LogP contribution in [0.15, 0.2) is 41.1 Å². The zero-order valence-corrected chi connectivity index (χ0v) is 15.2. The third kappa shape index (κ3) is 4.68. The summed E-state index contributed by atoms with van der Waals surface area (Å²) < 4.78 is 13.6. The number of thiophene rings is 1. The van der Waals surface area contributed by atoms with Gasteiger partial charge in [0.25, 0.3) is 0 Å². The predicted octanol–water partition coefficient (Wildman–Crippen LogP) is 3.17. The standard InChI is InChI=1S/C19H22FN3O2S/c20-15-6-2-3-7-16(15)22-19(25)18(24)21-12-17(14-8-11-26-13-14)23-9-4-1-5-10-23/h2-3,6-8,11,13,17H,1,4-5,9-10,12H2,(H,21,24)(H,22,25). The zero-order valence-electron chi connectivity index (χ0n) is 14.4. The fraction of sp³-hybridized carbons (Fsp3) is 0.368. The lowest BCUT2D eigenvalue weighted by molar-refractivity contribution is -0.136.